The first-order valence-electron chi connectivity index (χ1n) is 6.06. The van der Waals surface area contributed by atoms with Crippen LogP contribution in [0.4, 0.5) is 0 Å². The highest BCUT2D eigenvalue weighted by Gasteiger charge is 2.16. The summed E-state index contributed by atoms with van der Waals surface area (Å²) in [6, 6.07) is 9.54. The molecule has 0 radical (unpaired) electrons. The number of aromatic nitrogens is 1. The number of hydrogen-bond acceptors (Lipinski definition) is 2. The molecule has 1 N–H and O–H groups in total. The lowest BCUT2D eigenvalue weighted by Crippen LogP contribution is -2.11. The molecule has 19 heavy (non-hydrogen) atoms. The van der Waals surface area contributed by atoms with Crippen LogP contribution in [0.3, 0.4) is 0 Å². The number of aryl methyl sites for hydroxylation is 2. The third-order valence-electron chi connectivity index (χ3n) is 3.17. The zero-order chi connectivity index (χ0) is 14.0. The second-order valence-corrected chi connectivity index (χ2v) is 4.56. The number of carboxylic acids is 1. The number of ether oxygens (including phenoxy) is 1. The maximum Gasteiger partial charge on any atom is 0.352 e. The molecule has 0 aliphatic heterocycles. The summed E-state index contributed by atoms with van der Waals surface area (Å²) in [6.45, 7) is 4.26. The van der Waals surface area contributed by atoms with Gasteiger partial charge in [0.25, 0.3) is 0 Å². The predicted molar refractivity (Wildman–Crippen MR) is 73.0 cm³/mol. The minimum Gasteiger partial charge on any atom is -0.497 e. The number of rotatable bonds is 4. The largest absolute Gasteiger partial charge is 0.497 e. The summed E-state index contributed by atoms with van der Waals surface area (Å²) in [5.74, 6) is -0.121. The van der Waals surface area contributed by atoms with Crippen molar-refractivity contribution in [2.45, 2.75) is 20.4 Å². The fourth-order valence-electron chi connectivity index (χ4n) is 2.29. The van der Waals surface area contributed by atoms with E-state index in [1.54, 1.807) is 7.11 Å². The van der Waals surface area contributed by atoms with E-state index < -0.39 is 5.97 Å². The van der Waals surface area contributed by atoms with Crippen molar-refractivity contribution in [2.75, 3.05) is 7.11 Å². The van der Waals surface area contributed by atoms with Crippen LogP contribution in [0.5, 0.6) is 5.75 Å². The van der Waals surface area contributed by atoms with Crippen LogP contribution in [0.15, 0.2) is 30.3 Å². The number of nitrogens with zero attached hydrogens (tertiary/aromatic N) is 1. The molecular weight excluding hydrogens is 242 g/mol. The molecule has 2 rings (SSSR count). The fourth-order valence-corrected chi connectivity index (χ4v) is 2.29. The fraction of sp³-hybridized carbons (Fsp3) is 0.267. The van der Waals surface area contributed by atoms with Crippen LogP contribution in [0.2, 0.25) is 0 Å². The third-order valence-corrected chi connectivity index (χ3v) is 3.17. The molecule has 0 bridgehead atoms. The number of carboxylic acid groups (broad SMARTS) is 1. The molecule has 0 saturated carbocycles. The van der Waals surface area contributed by atoms with Gasteiger partial charge in [-0.1, -0.05) is 12.1 Å². The Hall–Kier alpha value is -2.23. The van der Waals surface area contributed by atoms with Crippen molar-refractivity contribution >= 4 is 5.97 Å². The first-order valence-corrected chi connectivity index (χ1v) is 6.06. The molecule has 4 heteroatoms. The van der Waals surface area contributed by atoms with Gasteiger partial charge in [0, 0.05) is 12.2 Å². The number of aromatic carboxylic acids is 1. The Labute approximate surface area is 112 Å². The average Bonchev–Trinajstić information content (AvgIpc) is 2.64. The van der Waals surface area contributed by atoms with Gasteiger partial charge in [-0.15, -0.1) is 0 Å². The molecule has 0 amide bonds. The van der Waals surface area contributed by atoms with E-state index in [-0.39, 0.29) is 0 Å². The summed E-state index contributed by atoms with van der Waals surface area (Å²) in [5.41, 5.74) is 3.09. The highest BCUT2D eigenvalue weighted by Crippen LogP contribution is 2.19. The predicted octanol–water partition coefficient (Wildman–Crippen LogP) is 2.86. The van der Waals surface area contributed by atoms with E-state index in [0.29, 0.717) is 12.2 Å². The number of methoxy groups -OCH3 is 1. The summed E-state index contributed by atoms with van der Waals surface area (Å²) >= 11 is 0. The highest BCUT2D eigenvalue weighted by molar-refractivity contribution is 5.88. The van der Waals surface area contributed by atoms with Gasteiger partial charge in [0.1, 0.15) is 11.4 Å². The Bertz CT molecular complexity index is 614. The second kappa shape index (κ2) is 5.18. The highest BCUT2D eigenvalue weighted by atomic mass is 16.5. The minimum atomic E-state index is -0.895. The van der Waals surface area contributed by atoms with Crippen LogP contribution in [0, 0.1) is 13.8 Å². The van der Waals surface area contributed by atoms with Crippen molar-refractivity contribution in [3.05, 3.63) is 52.8 Å². The molecule has 2 aromatic rings. The summed E-state index contributed by atoms with van der Waals surface area (Å²) in [6.07, 6.45) is 0. The van der Waals surface area contributed by atoms with Crippen molar-refractivity contribution in [1.29, 1.82) is 0 Å². The summed E-state index contributed by atoms with van der Waals surface area (Å²) in [5, 5.41) is 9.29. The molecule has 1 aromatic carbocycles. The molecule has 0 unspecified atom stereocenters. The Balaban J connectivity index is 2.40. The first-order chi connectivity index (χ1) is 9.02. The SMILES string of the molecule is COc1cccc(Cn2c(C)cc(C)c2C(=O)O)c1. The zero-order valence-corrected chi connectivity index (χ0v) is 11.3. The summed E-state index contributed by atoms with van der Waals surface area (Å²) < 4.78 is 6.99. The number of hydrogen-bond donors (Lipinski definition) is 1. The monoisotopic (exact) mass is 259 g/mol. The Morgan fingerprint density at radius 1 is 1.32 bits per heavy atom. The van der Waals surface area contributed by atoms with E-state index in [9.17, 15) is 9.90 Å². The Morgan fingerprint density at radius 3 is 2.68 bits per heavy atom. The standard InChI is InChI=1S/C15H17NO3/c1-10-7-11(2)16(14(10)15(17)18)9-12-5-4-6-13(8-12)19-3/h4-8H,9H2,1-3H3,(H,17,18). The molecule has 0 aliphatic rings. The lowest BCUT2D eigenvalue weighted by molar-refractivity contribution is 0.0684. The van der Waals surface area contributed by atoms with Gasteiger partial charge < -0.3 is 14.4 Å². The van der Waals surface area contributed by atoms with E-state index in [1.165, 1.54) is 0 Å². The van der Waals surface area contributed by atoms with Gasteiger partial charge in [-0.2, -0.15) is 0 Å². The molecule has 1 aromatic heterocycles. The van der Waals surface area contributed by atoms with Gasteiger partial charge in [0.2, 0.25) is 0 Å². The topological polar surface area (TPSA) is 51.5 Å². The normalized spacial score (nSPS) is 10.5. The van der Waals surface area contributed by atoms with Gasteiger partial charge in [0.05, 0.1) is 7.11 Å². The molecule has 100 valence electrons. The van der Waals surface area contributed by atoms with Gasteiger partial charge >= 0.3 is 5.97 Å². The lowest BCUT2D eigenvalue weighted by Gasteiger charge is -2.11. The van der Waals surface area contributed by atoms with Gasteiger partial charge in [-0.05, 0) is 43.2 Å². The van der Waals surface area contributed by atoms with Crippen molar-refractivity contribution in [1.82, 2.24) is 4.57 Å². The molecule has 0 aliphatic carbocycles. The third kappa shape index (κ3) is 2.62. The quantitative estimate of drug-likeness (QED) is 0.918. The molecule has 0 atom stereocenters. The van der Waals surface area contributed by atoms with Crippen LogP contribution in [-0.2, 0) is 6.54 Å². The summed E-state index contributed by atoms with van der Waals surface area (Å²) in [4.78, 5) is 11.3. The molecule has 0 saturated heterocycles. The maximum absolute atomic E-state index is 11.3. The molecule has 0 fully saturated rings. The van der Waals surface area contributed by atoms with Gasteiger partial charge in [0.15, 0.2) is 0 Å². The van der Waals surface area contributed by atoms with Gasteiger partial charge in [-0.25, -0.2) is 4.79 Å². The van der Waals surface area contributed by atoms with Crippen molar-refractivity contribution in [3.63, 3.8) is 0 Å². The van der Waals surface area contributed by atoms with E-state index in [1.807, 2.05) is 48.7 Å². The first kappa shape index (κ1) is 13.2. The molecule has 4 nitrogen and oxygen atoms in total. The van der Waals surface area contributed by atoms with Crippen molar-refractivity contribution in [2.24, 2.45) is 0 Å². The lowest BCUT2D eigenvalue weighted by atomic mass is 10.2. The number of carbonyl (C=O) groups is 1. The van der Waals surface area contributed by atoms with Gasteiger partial charge in [-0.3, -0.25) is 0 Å². The Morgan fingerprint density at radius 2 is 2.05 bits per heavy atom. The Kier molecular flexibility index (Phi) is 3.60. The van der Waals surface area contributed by atoms with E-state index >= 15 is 0 Å². The minimum absolute atomic E-state index is 0.348. The van der Waals surface area contributed by atoms with Crippen molar-refractivity contribution in [3.8, 4) is 5.75 Å². The second-order valence-electron chi connectivity index (χ2n) is 4.56. The number of benzene rings is 1. The van der Waals surface area contributed by atoms with E-state index in [4.69, 9.17) is 4.74 Å². The van der Waals surface area contributed by atoms with Crippen LogP contribution in [0.1, 0.15) is 27.3 Å². The van der Waals surface area contributed by atoms with Crippen LogP contribution < -0.4 is 4.74 Å². The maximum atomic E-state index is 11.3. The van der Waals surface area contributed by atoms with Crippen molar-refractivity contribution < 1.29 is 14.6 Å². The molecular formula is C15H17NO3. The van der Waals surface area contributed by atoms with Crippen LogP contribution >= 0.6 is 0 Å². The zero-order valence-electron chi connectivity index (χ0n) is 11.3. The van der Waals surface area contributed by atoms with E-state index in [2.05, 4.69) is 0 Å². The van der Waals surface area contributed by atoms with Crippen LogP contribution in [-0.4, -0.2) is 22.8 Å². The average molecular weight is 259 g/mol. The summed E-state index contributed by atoms with van der Waals surface area (Å²) in [7, 11) is 1.62. The molecule has 1 heterocycles. The molecule has 0 spiro atoms. The van der Waals surface area contributed by atoms with Crippen LogP contribution in [0.25, 0.3) is 0 Å². The van der Waals surface area contributed by atoms with E-state index in [0.717, 1.165) is 22.6 Å². The smallest absolute Gasteiger partial charge is 0.352 e.